The maximum atomic E-state index is 12.0. The van der Waals surface area contributed by atoms with Crippen molar-refractivity contribution >= 4 is 21.8 Å². The van der Waals surface area contributed by atoms with Crippen LogP contribution in [0.5, 0.6) is 0 Å². The highest BCUT2D eigenvalue weighted by molar-refractivity contribution is 9.10. The number of rotatable bonds is 5. The van der Waals surface area contributed by atoms with Crippen molar-refractivity contribution in [2.45, 2.75) is 38.8 Å². The summed E-state index contributed by atoms with van der Waals surface area (Å²) in [6.45, 7) is 4.49. The van der Waals surface area contributed by atoms with Gasteiger partial charge in [0.1, 0.15) is 0 Å². The average molecular weight is 313 g/mol. The molecule has 0 saturated heterocycles. The lowest BCUT2D eigenvalue weighted by Gasteiger charge is -2.22. The summed E-state index contributed by atoms with van der Waals surface area (Å²) < 4.78 is 1.03. The fourth-order valence-electron chi connectivity index (χ4n) is 1.59. The van der Waals surface area contributed by atoms with Crippen molar-refractivity contribution in [1.82, 2.24) is 4.90 Å². The van der Waals surface area contributed by atoms with Gasteiger partial charge in [0.25, 0.3) is 0 Å². The number of hydrogen-bond acceptors (Lipinski definition) is 2. The van der Waals surface area contributed by atoms with Crippen molar-refractivity contribution in [3.8, 4) is 0 Å². The van der Waals surface area contributed by atoms with Crippen LogP contribution in [-0.4, -0.2) is 23.4 Å². The van der Waals surface area contributed by atoms with Gasteiger partial charge < -0.3 is 10.6 Å². The minimum absolute atomic E-state index is 0.129. The van der Waals surface area contributed by atoms with Crippen LogP contribution in [-0.2, 0) is 11.3 Å². The third-order valence-corrected chi connectivity index (χ3v) is 3.55. The summed E-state index contributed by atoms with van der Waals surface area (Å²) in [5.41, 5.74) is 6.71. The number of benzene rings is 1. The SMILES string of the molecule is CN(Cc1ccccc1Br)C(=O)CCC(C)(C)N. The van der Waals surface area contributed by atoms with Crippen LogP contribution in [0.25, 0.3) is 0 Å². The van der Waals surface area contributed by atoms with E-state index in [9.17, 15) is 4.79 Å². The molecule has 0 bridgehead atoms. The Kier molecular flexibility index (Phi) is 5.35. The van der Waals surface area contributed by atoms with E-state index < -0.39 is 0 Å². The summed E-state index contributed by atoms with van der Waals surface area (Å²) in [7, 11) is 1.82. The number of carbonyl (C=O) groups excluding carboxylic acids is 1. The molecular formula is C14H21BrN2O. The zero-order valence-corrected chi connectivity index (χ0v) is 12.8. The lowest BCUT2D eigenvalue weighted by atomic mass is 10.00. The number of carbonyl (C=O) groups is 1. The van der Waals surface area contributed by atoms with Crippen molar-refractivity contribution in [2.75, 3.05) is 7.05 Å². The molecule has 18 heavy (non-hydrogen) atoms. The normalized spacial score (nSPS) is 11.4. The highest BCUT2D eigenvalue weighted by atomic mass is 79.9. The molecule has 4 heteroatoms. The van der Waals surface area contributed by atoms with Gasteiger partial charge in [-0.15, -0.1) is 0 Å². The molecule has 1 aromatic carbocycles. The van der Waals surface area contributed by atoms with E-state index in [0.717, 1.165) is 10.0 Å². The molecule has 0 aromatic heterocycles. The Hall–Kier alpha value is -0.870. The van der Waals surface area contributed by atoms with Crippen LogP contribution in [0.4, 0.5) is 0 Å². The zero-order valence-electron chi connectivity index (χ0n) is 11.2. The number of amides is 1. The Labute approximate surface area is 117 Å². The lowest BCUT2D eigenvalue weighted by molar-refractivity contribution is -0.130. The van der Waals surface area contributed by atoms with Gasteiger partial charge in [0.15, 0.2) is 0 Å². The topological polar surface area (TPSA) is 46.3 Å². The molecule has 0 aliphatic carbocycles. The van der Waals surface area contributed by atoms with Crippen LogP contribution in [0.15, 0.2) is 28.7 Å². The quantitative estimate of drug-likeness (QED) is 0.908. The molecule has 0 heterocycles. The average Bonchev–Trinajstić information content (AvgIpc) is 2.28. The van der Waals surface area contributed by atoms with Crippen LogP contribution < -0.4 is 5.73 Å². The lowest BCUT2D eigenvalue weighted by Crippen LogP contribution is -2.34. The van der Waals surface area contributed by atoms with Crippen molar-refractivity contribution < 1.29 is 4.79 Å². The Bertz CT molecular complexity index is 413. The summed E-state index contributed by atoms with van der Waals surface area (Å²) in [4.78, 5) is 13.7. The number of halogens is 1. The van der Waals surface area contributed by atoms with Gasteiger partial charge in [-0.3, -0.25) is 4.79 Å². The van der Waals surface area contributed by atoms with Crippen molar-refractivity contribution in [3.05, 3.63) is 34.3 Å². The first-order chi connectivity index (χ1) is 8.29. The highest BCUT2D eigenvalue weighted by Crippen LogP contribution is 2.18. The Morgan fingerprint density at radius 1 is 1.39 bits per heavy atom. The van der Waals surface area contributed by atoms with Gasteiger partial charge >= 0.3 is 0 Å². The molecule has 0 atom stereocenters. The molecule has 0 fully saturated rings. The van der Waals surface area contributed by atoms with Gasteiger partial charge in [0.05, 0.1) is 0 Å². The Balaban J connectivity index is 2.53. The number of nitrogens with two attached hydrogens (primary N) is 1. The molecule has 1 aromatic rings. The molecule has 1 amide bonds. The fraction of sp³-hybridized carbons (Fsp3) is 0.500. The van der Waals surface area contributed by atoms with Crippen LogP contribution in [0.1, 0.15) is 32.3 Å². The smallest absolute Gasteiger partial charge is 0.222 e. The molecule has 0 unspecified atom stereocenters. The van der Waals surface area contributed by atoms with E-state index in [2.05, 4.69) is 15.9 Å². The Morgan fingerprint density at radius 2 is 2.00 bits per heavy atom. The number of hydrogen-bond donors (Lipinski definition) is 1. The minimum atomic E-state index is -0.288. The van der Waals surface area contributed by atoms with E-state index in [0.29, 0.717) is 19.4 Å². The van der Waals surface area contributed by atoms with E-state index in [1.165, 1.54) is 0 Å². The van der Waals surface area contributed by atoms with Gasteiger partial charge in [-0.25, -0.2) is 0 Å². The molecule has 2 N–H and O–H groups in total. The molecule has 100 valence electrons. The summed E-state index contributed by atoms with van der Waals surface area (Å²) in [5, 5.41) is 0. The van der Waals surface area contributed by atoms with E-state index in [1.54, 1.807) is 4.90 Å². The second kappa shape index (κ2) is 6.34. The molecule has 0 spiro atoms. The van der Waals surface area contributed by atoms with Gasteiger partial charge in [-0.05, 0) is 31.9 Å². The van der Waals surface area contributed by atoms with Crippen molar-refractivity contribution in [3.63, 3.8) is 0 Å². The monoisotopic (exact) mass is 312 g/mol. The standard InChI is InChI=1S/C14H21BrN2O/c1-14(2,16)9-8-13(18)17(3)10-11-6-4-5-7-12(11)15/h4-7H,8-10,16H2,1-3H3. The van der Waals surface area contributed by atoms with E-state index in [-0.39, 0.29) is 11.4 Å². The van der Waals surface area contributed by atoms with E-state index >= 15 is 0 Å². The minimum Gasteiger partial charge on any atom is -0.341 e. The molecular weight excluding hydrogens is 292 g/mol. The summed E-state index contributed by atoms with van der Waals surface area (Å²) in [6.07, 6.45) is 1.19. The highest BCUT2D eigenvalue weighted by Gasteiger charge is 2.16. The molecule has 3 nitrogen and oxygen atoms in total. The van der Waals surface area contributed by atoms with Crippen LogP contribution in [0, 0.1) is 0 Å². The van der Waals surface area contributed by atoms with Crippen molar-refractivity contribution in [2.24, 2.45) is 5.73 Å². The summed E-state index contributed by atoms with van der Waals surface area (Å²) in [6, 6.07) is 7.94. The third-order valence-electron chi connectivity index (χ3n) is 2.77. The van der Waals surface area contributed by atoms with Gasteiger partial charge in [-0.1, -0.05) is 34.1 Å². The predicted molar refractivity (Wildman–Crippen MR) is 78.1 cm³/mol. The summed E-state index contributed by atoms with van der Waals surface area (Å²) in [5.74, 6) is 0.129. The van der Waals surface area contributed by atoms with Crippen molar-refractivity contribution in [1.29, 1.82) is 0 Å². The maximum absolute atomic E-state index is 12.0. The van der Waals surface area contributed by atoms with Gasteiger partial charge in [0.2, 0.25) is 5.91 Å². The van der Waals surface area contributed by atoms with E-state index in [4.69, 9.17) is 5.73 Å². The second-order valence-corrected chi connectivity index (χ2v) is 6.18. The third kappa shape index (κ3) is 5.19. The van der Waals surface area contributed by atoms with Crippen LogP contribution in [0.2, 0.25) is 0 Å². The first kappa shape index (κ1) is 15.2. The fourth-order valence-corrected chi connectivity index (χ4v) is 2.00. The maximum Gasteiger partial charge on any atom is 0.222 e. The van der Waals surface area contributed by atoms with Crippen LogP contribution >= 0.6 is 15.9 Å². The molecule has 1 rings (SSSR count). The molecule has 0 aliphatic rings. The largest absolute Gasteiger partial charge is 0.341 e. The molecule has 0 aliphatic heterocycles. The Morgan fingerprint density at radius 3 is 2.56 bits per heavy atom. The zero-order chi connectivity index (χ0) is 13.8. The van der Waals surface area contributed by atoms with Crippen LogP contribution in [0.3, 0.4) is 0 Å². The second-order valence-electron chi connectivity index (χ2n) is 5.33. The number of nitrogens with zero attached hydrogens (tertiary/aromatic N) is 1. The summed E-state index contributed by atoms with van der Waals surface area (Å²) >= 11 is 3.49. The predicted octanol–water partition coefficient (Wildman–Crippen LogP) is 2.93. The first-order valence-corrected chi connectivity index (χ1v) is 6.85. The van der Waals surface area contributed by atoms with Gasteiger partial charge in [0, 0.05) is 30.0 Å². The molecule has 0 radical (unpaired) electrons. The van der Waals surface area contributed by atoms with Gasteiger partial charge in [-0.2, -0.15) is 0 Å². The van der Waals surface area contributed by atoms with E-state index in [1.807, 2.05) is 45.2 Å². The first-order valence-electron chi connectivity index (χ1n) is 6.06. The molecule has 0 saturated carbocycles.